The van der Waals surface area contributed by atoms with Crippen molar-refractivity contribution in [2.45, 2.75) is 117 Å². The lowest BCUT2D eigenvalue weighted by Gasteiger charge is -2.25. The number of nitrogens with two attached hydrogens (primary N) is 1. The Balaban J connectivity index is 1.93. The minimum Gasteiger partial charge on any atom is -0.748 e. The summed E-state index contributed by atoms with van der Waals surface area (Å²) in [5.74, 6) is -0.769. The van der Waals surface area contributed by atoms with E-state index >= 15 is 4.79 Å². The normalized spacial score (nSPS) is 12.2. The van der Waals surface area contributed by atoms with Crippen molar-refractivity contribution in [3.05, 3.63) is 70.8 Å². The summed E-state index contributed by atoms with van der Waals surface area (Å²) in [6.45, 7) is 15.5. The van der Waals surface area contributed by atoms with Gasteiger partial charge in [0.25, 0.3) is 5.91 Å². The molecule has 0 spiro atoms. The second-order valence-electron chi connectivity index (χ2n) is 19.4. The Morgan fingerprint density at radius 1 is 0.600 bits per heavy atom. The zero-order valence-electron chi connectivity index (χ0n) is 48.7. The fraction of sp³-hybridized carbons (Fsp3) is 0.638. The summed E-state index contributed by atoms with van der Waals surface area (Å²) < 4.78 is 115. The lowest BCUT2D eigenvalue weighted by atomic mass is 10.0. The Kier molecular flexibility index (Phi) is 31.1. The van der Waals surface area contributed by atoms with Gasteiger partial charge in [-0.1, -0.05) is 27.7 Å². The van der Waals surface area contributed by atoms with E-state index in [9.17, 15) is 17.8 Å². The van der Waals surface area contributed by atoms with E-state index in [2.05, 4.69) is 33.0 Å². The number of nitrogens with one attached hydrogen (secondary N) is 1. The van der Waals surface area contributed by atoms with Crippen LogP contribution in [-0.2, 0) is 64.0 Å². The summed E-state index contributed by atoms with van der Waals surface area (Å²) in [5, 5.41) is 3.62. The zero-order chi connectivity index (χ0) is 58.5. The van der Waals surface area contributed by atoms with E-state index in [-0.39, 0.29) is 108 Å². The van der Waals surface area contributed by atoms with Crippen LogP contribution in [0, 0.1) is 13.8 Å². The number of carbonyl (C=O) groups is 2. The third-order valence-electron chi connectivity index (χ3n) is 13.0. The van der Waals surface area contributed by atoms with Gasteiger partial charge in [0.15, 0.2) is 6.54 Å². The Bertz CT molecular complexity index is 2510. The van der Waals surface area contributed by atoms with Crippen molar-refractivity contribution in [3.8, 4) is 17.2 Å². The lowest BCUT2D eigenvalue weighted by Crippen LogP contribution is -2.38. The van der Waals surface area contributed by atoms with Gasteiger partial charge in [-0.3, -0.25) is 4.79 Å². The molecule has 0 saturated heterocycles. The SMILES string of the molecule is CCC(CC)OCC(COC(CC)CC)Oc1ccc2c(c1)c(C(=O)Oc1c(C)cc(C(=O)NCCOCCOCCN)cc1C)c1cc(OC(COC(COC)COC)COC(COC)COC)ccc1[n+]2CCCS(=O)(=O)[O-]. The summed E-state index contributed by atoms with van der Waals surface area (Å²) >= 11 is 0. The number of nitrogens with zero attached hydrogens (tertiary/aromatic N) is 1. The van der Waals surface area contributed by atoms with Gasteiger partial charge < -0.3 is 77.2 Å². The first kappa shape index (κ1) is 67.8. The maximum Gasteiger partial charge on any atom is 0.345 e. The van der Waals surface area contributed by atoms with Gasteiger partial charge in [0.2, 0.25) is 11.0 Å². The number of hydrogen-bond donors (Lipinski definition) is 2. The Morgan fingerprint density at radius 3 is 1.45 bits per heavy atom. The van der Waals surface area contributed by atoms with Crippen molar-refractivity contribution >= 4 is 43.8 Å². The number of aryl methyl sites for hydroxylation is 3. The number of methoxy groups -OCH3 is 4. The topological polar surface area (TPSA) is 253 Å². The molecule has 3 aromatic carbocycles. The van der Waals surface area contributed by atoms with Crippen molar-refractivity contribution in [2.24, 2.45) is 5.73 Å². The highest BCUT2D eigenvalue weighted by atomic mass is 32.2. The molecule has 1 heterocycles. The molecule has 21 nitrogen and oxygen atoms in total. The molecule has 0 aliphatic rings. The molecule has 4 rings (SSSR count). The number of aromatic nitrogens is 1. The van der Waals surface area contributed by atoms with E-state index < -0.39 is 46.3 Å². The molecule has 0 radical (unpaired) electrons. The third kappa shape index (κ3) is 22.6. The van der Waals surface area contributed by atoms with Gasteiger partial charge in [0, 0.05) is 71.4 Å². The van der Waals surface area contributed by atoms with Gasteiger partial charge in [-0.2, -0.15) is 4.57 Å². The van der Waals surface area contributed by atoms with Crippen LogP contribution in [0.5, 0.6) is 17.2 Å². The van der Waals surface area contributed by atoms with Gasteiger partial charge >= 0.3 is 5.97 Å². The molecular formula is C58H89N3O18S. The van der Waals surface area contributed by atoms with E-state index in [0.29, 0.717) is 76.4 Å². The van der Waals surface area contributed by atoms with Crippen LogP contribution in [0.1, 0.15) is 91.6 Å². The fourth-order valence-electron chi connectivity index (χ4n) is 8.99. The maximum absolute atomic E-state index is 15.4. The maximum atomic E-state index is 15.4. The summed E-state index contributed by atoms with van der Waals surface area (Å²) in [7, 11) is 1.68. The number of hydrogen-bond acceptors (Lipinski definition) is 19. The molecule has 0 aliphatic heterocycles. The highest BCUT2D eigenvalue weighted by molar-refractivity contribution is 7.85. The van der Waals surface area contributed by atoms with Crippen molar-refractivity contribution in [1.82, 2.24) is 5.32 Å². The highest BCUT2D eigenvalue weighted by Crippen LogP contribution is 2.34. The standard InChI is InChI=1S/C58H89N3O18S/c1-11-43(12-2)73-36-49(37-74-44(13-3)14-4)77-45-16-18-53-51(30-45)55(58(63)79-56-40(5)28-42(29-41(56)6)57(62)60-21-24-72-26-25-71-23-20-59)52-31-46(17-19-54(52)61(53)22-15-27-80(64,65)66)78-50(38-75-47(32-67-7)33-68-8)39-76-48(34-69-9)35-70-10/h16-19,28-31,43-44,47-50H,11-15,20-27,32-39,59H2,1-10H3,(H-,60,62,64,65,66). The number of benzene rings is 3. The van der Waals surface area contributed by atoms with Crippen LogP contribution in [0.2, 0.25) is 0 Å². The molecule has 1 aromatic heterocycles. The quantitative estimate of drug-likeness (QED) is 0.0128. The molecule has 0 unspecified atom stereocenters. The molecule has 450 valence electrons. The van der Waals surface area contributed by atoms with Gasteiger partial charge in [-0.05, 0) is 87.1 Å². The van der Waals surface area contributed by atoms with Crippen molar-refractivity contribution in [1.29, 1.82) is 0 Å². The predicted molar refractivity (Wildman–Crippen MR) is 301 cm³/mol. The smallest absolute Gasteiger partial charge is 0.345 e. The minimum absolute atomic E-state index is 0.00601. The molecule has 0 fully saturated rings. The number of amides is 1. The Hall–Kier alpha value is -4.66. The van der Waals surface area contributed by atoms with E-state index in [4.69, 9.17) is 67.3 Å². The van der Waals surface area contributed by atoms with Crippen LogP contribution in [-0.4, -0.2) is 188 Å². The molecule has 4 aromatic rings. The van der Waals surface area contributed by atoms with Crippen LogP contribution in [0.4, 0.5) is 0 Å². The van der Waals surface area contributed by atoms with E-state index in [0.717, 1.165) is 25.7 Å². The second kappa shape index (κ2) is 36.7. The minimum atomic E-state index is -4.59. The molecule has 1 amide bonds. The fourth-order valence-corrected chi connectivity index (χ4v) is 9.47. The largest absolute Gasteiger partial charge is 0.748 e. The average Bonchev–Trinajstić information content (AvgIpc) is 3.49. The molecule has 0 atom stereocenters. The molecular weight excluding hydrogens is 1060 g/mol. The first-order chi connectivity index (χ1) is 38.6. The predicted octanol–water partition coefficient (Wildman–Crippen LogP) is 6.03. The number of esters is 1. The van der Waals surface area contributed by atoms with Crippen molar-refractivity contribution in [2.75, 3.05) is 127 Å². The lowest BCUT2D eigenvalue weighted by molar-refractivity contribution is -0.645. The summed E-state index contributed by atoms with van der Waals surface area (Å²) in [6, 6.07) is 13.8. The van der Waals surface area contributed by atoms with Gasteiger partial charge in [0.1, 0.15) is 41.7 Å². The number of ether oxygens (including phenoxy) is 13. The van der Waals surface area contributed by atoms with Crippen LogP contribution >= 0.6 is 0 Å². The molecule has 22 heteroatoms. The zero-order valence-corrected chi connectivity index (χ0v) is 49.5. The van der Waals surface area contributed by atoms with E-state index in [1.165, 1.54) is 0 Å². The highest BCUT2D eigenvalue weighted by Gasteiger charge is 2.30. The van der Waals surface area contributed by atoms with Crippen molar-refractivity contribution < 1.29 is 88.7 Å². The molecule has 0 bridgehead atoms. The van der Waals surface area contributed by atoms with Gasteiger partial charge in [-0.25, -0.2) is 13.2 Å². The number of carbonyl (C=O) groups excluding carboxylic acids is 2. The molecule has 0 saturated carbocycles. The van der Waals surface area contributed by atoms with Crippen LogP contribution in [0.25, 0.3) is 21.8 Å². The second-order valence-corrected chi connectivity index (χ2v) is 20.9. The molecule has 3 N–H and O–H groups in total. The average molecular weight is 1150 g/mol. The summed E-state index contributed by atoms with van der Waals surface area (Å²) in [5.41, 5.74) is 8.00. The van der Waals surface area contributed by atoms with Crippen LogP contribution in [0.15, 0.2) is 48.5 Å². The van der Waals surface area contributed by atoms with E-state index in [1.54, 1.807) is 90.8 Å². The van der Waals surface area contributed by atoms with Crippen LogP contribution < -0.4 is 29.8 Å². The first-order valence-corrected chi connectivity index (χ1v) is 29.2. The number of pyridine rings is 1. The third-order valence-corrected chi connectivity index (χ3v) is 13.8. The molecule has 80 heavy (non-hydrogen) atoms. The first-order valence-electron chi connectivity index (χ1n) is 27.7. The van der Waals surface area contributed by atoms with Crippen molar-refractivity contribution in [3.63, 3.8) is 0 Å². The summed E-state index contributed by atoms with van der Waals surface area (Å²) in [6.07, 6.45) is 1.07. The monoisotopic (exact) mass is 1150 g/mol. The van der Waals surface area contributed by atoms with E-state index in [1.807, 2.05) is 4.57 Å². The Morgan fingerprint density at radius 2 is 1.04 bits per heavy atom. The number of rotatable bonds is 43. The summed E-state index contributed by atoms with van der Waals surface area (Å²) in [4.78, 5) is 28.8. The van der Waals surface area contributed by atoms with Gasteiger partial charge in [-0.15, -0.1) is 0 Å². The Labute approximate surface area is 473 Å². The van der Waals surface area contributed by atoms with Gasteiger partial charge in [0.05, 0.1) is 118 Å². The molecule has 0 aliphatic carbocycles. The number of fused-ring (bicyclic) bond motifs is 2. The van der Waals surface area contributed by atoms with Crippen LogP contribution in [0.3, 0.4) is 0 Å².